The lowest BCUT2D eigenvalue weighted by molar-refractivity contribution is 0.199. The van der Waals surface area contributed by atoms with Crippen LogP contribution in [0.1, 0.15) is 61.6 Å². The molecule has 1 saturated carbocycles. The summed E-state index contributed by atoms with van der Waals surface area (Å²) in [5.41, 5.74) is 2.95. The summed E-state index contributed by atoms with van der Waals surface area (Å²) in [6.45, 7) is 4.09. The second-order valence-electron chi connectivity index (χ2n) is 5.98. The van der Waals surface area contributed by atoms with E-state index in [0.717, 1.165) is 11.3 Å². The zero-order chi connectivity index (χ0) is 15.0. The topological polar surface area (TPSA) is 47.3 Å². The first-order valence-electron chi connectivity index (χ1n) is 7.51. The number of methoxy groups -OCH3 is 1. The van der Waals surface area contributed by atoms with Crippen molar-refractivity contribution in [2.45, 2.75) is 44.8 Å². The largest absolute Gasteiger partial charge is 0.493 e. The SMILES string of the molecule is COc1cnn(C(C)C)c1C(O)c1cccc(C2CC2)c1. The summed E-state index contributed by atoms with van der Waals surface area (Å²) in [6, 6.07) is 8.41. The van der Waals surface area contributed by atoms with Crippen LogP contribution >= 0.6 is 0 Å². The number of aliphatic hydroxyl groups is 1. The van der Waals surface area contributed by atoms with Crippen molar-refractivity contribution in [1.29, 1.82) is 0 Å². The van der Waals surface area contributed by atoms with Crippen molar-refractivity contribution in [3.05, 3.63) is 47.3 Å². The van der Waals surface area contributed by atoms with Crippen molar-refractivity contribution in [3.8, 4) is 5.75 Å². The van der Waals surface area contributed by atoms with Crippen molar-refractivity contribution >= 4 is 0 Å². The minimum atomic E-state index is -0.719. The van der Waals surface area contributed by atoms with Gasteiger partial charge in [0.2, 0.25) is 0 Å². The number of hydrogen-bond acceptors (Lipinski definition) is 3. The first-order valence-corrected chi connectivity index (χ1v) is 7.51. The molecule has 1 atom stereocenters. The maximum atomic E-state index is 10.8. The summed E-state index contributed by atoms with van der Waals surface area (Å²) in [6.07, 6.45) is 3.46. The number of hydrogen-bond donors (Lipinski definition) is 1. The summed E-state index contributed by atoms with van der Waals surface area (Å²) in [5, 5.41) is 15.1. The first kappa shape index (κ1) is 14.1. The summed E-state index contributed by atoms with van der Waals surface area (Å²) in [7, 11) is 1.61. The van der Waals surface area contributed by atoms with Gasteiger partial charge in [0.15, 0.2) is 5.75 Å². The minimum Gasteiger partial charge on any atom is -0.493 e. The van der Waals surface area contributed by atoms with Crippen molar-refractivity contribution < 1.29 is 9.84 Å². The molecule has 0 spiro atoms. The highest BCUT2D eigenvalue weighted by Crippen LogP contribution is 2.41. The molecule has 3 rings (SSSR count). The fraction of sp³-hybridized carbons (Fsp3) is 0.471. The molecular weight excluding hydrogens is 264 g/mol. The smallest absolute Gasteiger partial charge is 0.163 e. The third kappa shape index (κ3) is 2.68. The van der Waals surface area contributed by atoms with Crippen LogP contribution in [0, 0.1) is 0 Å². The molecular formula is C17H22N2O2. The predicted molar refractivity (Wildman–Crippen MR) is 81.6 cm³/mol. The Balaban J connectivity index is 1.99. The van der Waals surface area contributed by atoms with Gasteiger partial charge in [-0.15, -0.1) is 0 Å². The van der Waals surface area contributed by atoms with Crippen LogP contribution in [0.3, 0.4) is 0 Å². The highest BCUT2D eigenvalue weighted by molar-refractivity contribution is 5.38. The third-order valence-electron chi connectivity index (χ3n) is 4.04. The lowest BCUT2D eigenvalue weighted by atomic mass is 10.0. The highest BCUT2D eigenvalue weighted by Gasteiger charge is 2.26. The number of ether oxygens (including phenoxy) is 1. The van der Waals surface area contributed by atoms with Gasteiger partial charge in [0.05, 0.1) is 13.3 Å². The van der Waals surface area contributed by atoms with E-state index in [1.54, 1.807) is 13.3 Å². The Morgan fingerprint density at radius 2 is 2.10 bits per heavy atom. The van der Waals surface area contributed by atoms with Gasteiger partial charge in [-0.05, 0) is 43.7 Å². The molecule has 4 nitrogen and oxygen atoms in total. The summed E-state index contributed by atoms with van der Waals surface area (Å²) in [5.74, 6) is 1.31. The fourth-order valence-electron chi connectivity index (χ4n) is 2.74. The van der Waals surface area contributed by atoms with Crippen LogP contribution in [0.5, 0.6) is 5.75 Å². The van der Waals surface area contributed by atoms with Crippen LogP contribution in [0.4, 0.5) is 0 Å². The van der Waals surface area contributed by atoms with E-state index < -0.39 is 6.10 Å². The summed E-state index contributed by atoms with van der Waals surface area (Å²) in [4.78, 5) is 0. The van der Waals surface area contributed by atoms with Crippen LogP contribution in [0.25, 0.3) is 0 Å². The fourth-order valence-corrected chi connectivity index (χ4v) is 2.74. The Labute approximate surface area is 125 Å². The van der Waals surface area contributed by atoms with Gasteiger partial charge >= 0.3 is 0 Å². The molecule has 1 heterocycles. The molecule has 112 valence electrons. The molecule has 0 aliphatic heterocycles. The van der Waals surface area contributed by atoms with Crippen LogP contribution in [-0.4, -0.2) is 22.0 Å². The van der Waals surface area contributed by atoms with Crippen LogP contribution in [0.15, 0.2) is 30.5 Å². The van der Waals surface area contributed by atoms with Gasteiger partial charge in [-0.2, -0.15) is 5.10 Å². The molecule has 1 aromatic heterocycles. The third-order valence-corrected chi connectivity index (χ3v) is 4.04. The van der Waals surface area contributed by atoms with Crippen LogP contribution in [-0.2, 0) is 0 Å². The predicted octanol–water partition coefficient (Wildman–Crippen LogP) is 3.43. The molecule has 1 unspecified atom stereocenters. The normalized spacial score (nSPS) is 16.2. The summed E-state index contributed by atoms with van der Waals surface area (Å²) >= 11 is 0. The van der Waals surface area contributed by atoms with Gasteiger partial charge in [-0.25, -0.2) is 0 Å². The number of aliphatic hydroxyl groups excluding tert-OH is 1. The number of nitrogens with zero attached hydrogens (tertiary/aromatic N) is 2. The van der Waals surface area contributed by atoms with Crippen molar-refractivity contribution in [3.63, 3.8) is 0 Å². The van der Waals surface area contributed by atoms with Gasteiger partial charge < -0.3 is 9.84 Å². The molecule has 1 N–H and O–H groups in total. The Bertz CT molecular complexity index is 629. The van der Waals surface area contributed by atoms with E-state index in [4.69, 9.17) is 4.74 Å². The number of rotatable bonds is 5. The molecule has 1 aliphatic carbocycles. The molecule has 1 fully saturated rings. The first-order chi connectivity index (χ1) is 10.1. The molecule has 21 heavy (non-hydrogen) atoms. The van der Waals surface area contributed by atoms with E-state index in [9.17, 15) is 5.11 Å². The lowest BCUT2D eigenvalue weighted by Gasteiger charge is -2.18. The van der Waals surface area contributed by atoms with Crippen molar-refractivity contribution in [2.24, 2.45) is 0 Å². The Kier molecular flexibility index (Phi) is 3.72. The molecule has 0 saturated heterocycles. The molecule has 1 aromatic carbocycles. The van der Waals surface area contributed by atoms with Crippen LogP contribution in [0.2, 0.25) is 0 Å². The Hall–Kier alpha value is -1.81. The van der Waals surface area contributed by atoms with Crippen molar-refractivity contribution in [1.82, 2.24) is 9.78 Å². The van der Waals surface area contributed by atoms with E-state index in [1.807, 2.05) is 30.7 Å². The minimum absolute atomic E-state index is 0.171. The van der Waals surface area contributed by atoms with Gasteiger partial charge in [-0.1, -0.05) is 24.3 Å². The van der Waals surface area contributed by atoms with Gasteiger partial charge in [-0.3, -0.25) is 4.68 Å². The molecule has 1 aliphatic rings. The molecule has 2 aromatic rings. The number of benzene rings is 1. The maximum Gasteiger partial charge on any atom is 0.163 e. The Morgan fingerprint density at radius 3 is 2.71 bits per heavy atom. The highest BCUT2D eigenvalue weighted by atomic mass is 16.5. The number of aromatic nitrogens is 2. The van der Waals surface area contributed by atoms with Gasteiger partial charge in [0.1, 0.15) is 11.8 Å². The maximum absolute atomic E-state index is 10.8. The monoisotopic (exact) mass is 286 g/mol. The molecule has 0 radical (unpaired) electrons. The standard InChI is InChI=1S/C17H22N2O2/c1-11(2)19-16(15(21-3)10-18-19)17(20)14-6-4-5-13(9-14)12-7-8-12/h4-6,9-12,17,20H,7-8H2,1-3H3. The van der Waals surface area contributed by atoms with E-state index in [-0.39, 0.29) is 6.04 Å². The van der Waals surface area contributed by atoms with Crippen molar-refractivity contribution in [2.75, 3.05) is 7.11 Å². The summed E-state index contributed by atoms with van der Waals surface area (Å²) < 4.78 is 7.19. The molecule has 0 amide bonds. The van der Waals surface area contributed by atoms with E-state index in [0.29, 0.717) is 11.7 Å². The van der Waals surface area contributed by atoms with E-state index >= 15 is 0 Å². The zero-order valence-electron chi connectivity index (χ0n) is 12.8. The lowest BCUT2D eigenvalue weighted by Crippen LogP contribution is -2.13. The van der Waals surface area contributed by atoms with Gasteiger partial charge in [0, 0.05) is 6.04 Å². The molecule has 4 heteroatoms. The molecule has 0 bridgehead atoms. The average molecular weight is 286 g/mol. The van der Waals surface area contributed by atoms with E-state index in [1.165, 1.54) is 18.4 Å². The zero-order valence-corrected chi connectivity index (χ0v) is 12.8. The second kappa shape index (κ2) is 5.53. The quantitative estimate of drug-likeness (QED) is 0.916. The Morgan fingerprint density at radius 1 is 1.33 bits per heavy atom. The van der Waals surface area contributed by atoms with Crippen LogP contribution < -0.4 is 4.74 Å². The van der Waals surface area contributed by atoms with Gasteiger partial charge in [0.25, 0.3) is 0 Å². The average Bonchev–Trinajstić information content (AvgIpc) is 3.25. The van der Waals surface area contributed by atoms with E-state index in [2.05, 4.69) is 17.2 Å². The second-order valence-corrected chi connectivity index (χ2v) is 5.98.